The van der Waals surface area contributed by atoms with Crippen LogP contribution in [0.15, 0.2) is 77.6 Å². The lowest BCUT2D eigenvalue weighted by atomic mass is 10.0. The maximum atomic E-state index is 15.2. The van der Waals surface area contributed by atoms with Crippen LogP contribution in [0.3, 0.4) is 0 Å². The maximum absolute atomic E-state index is 15.2. The molecule has 2 aliphatic heterocycles. The van der Waals surface area contributed by atoms with Gasteiger partial charge in [0.2, 0.25) is 5.91 Å². The van der Waals surface area contributed by atoms with Crippen molar-refractivity contribution in [1.82, 2.24) is 14.8 Å². The molecule has 4 rings (SSSR count). The van der Waals surface area contributed by atoms with Gasteiger partial charge in [0.1, 0.15) is 5.83 Å². The number of aryl methyl sites for hydroxylation is 1. The van der Waals surface area contributed by atoms with Crippen molar-refractivity contribution in [2.75, 3.05) is 23.9 Å². The summed E-state index contributed by atoms with van der Waals surface area (Å²) < 4.78 is 48.9. The highest BCUT2D eigenvalue weighted by molar-refractivity contribution is 7.92. The van der Waals surface area contributed by atoms with Crippen LogP contribution in [-0.2, 0) is 21.4 Å². The molecular weight excluding hydrogens is 591 g/mol. The number of amidine groups is 1. The van der Waals surface area contributed by atoms with Gasteiger partial charge >= 0.3 is 10.2 Å². The number of carbonyl (C=O) groups excluding carboxylic acids is 1. The lowest BCUT2D eigenvalue weighted by Crippen LogP contribution is -2.56. The number of benzene rings is 1. The standard InChI is InChI=1S/C31H36ClFN6O3S/c1-6-10-13-21-14-11-12-15-26(21)39-30-22(18-23(32)29(35-30)28(24(33)7-2)25(34)8-3)31(36-43(39,41)42)38-17-16-37(19-20(38)5)27(40)9-4/h7-9,11-12,14-15,18,20H,3-4,6,10,13,16-17,19,34H2,1-2,5H3/b24-7+,28-25-. The van der Waals surface area contributed by atoms with Crippen molar-refractivity contribution >= 4 is 50.6 Å². The number of hydrogen-bond donors (Lipinski definition) is 1. The molecular formula is C31H36ClFN6O3S. The molecule has 1 unspecified atom stereocenters. The summed E-state index contributed by atoms with van der Waals surface area (Å²) in [4.78, 5) is 20.5. The summed E-state index contributed by atoms with van der Waals surface area (Å²) in [6.07, 6.45) is 6.13. The number of pyridine rings is 1. The molecule has 0 bridgehead atoms. The van der Waals surface area contributed by atoms with Gasteiger partial charge in [-0.3, -0.25) is 4.79 Å². The molecule has 2 N–H and O–H groups in total. The van der Waals surface area contributed by atoms with Crippen LogP contribution < -0.4 is 10.0 Å². The van der Waals surface area contributed by atoms with Crippen LogP contribution in [0.5, 0.6) is 0 Å². The van der Waals surface area contributed by atoms with Crippen LogP contribution in [0, 0.1) is 0 Å². The van der Waals surface area contributed by atoms with E-state index in [0.717, 1.165) is 22.7 Å². The Kier molecular flexibility index (Phi) is 9.76. The molecule has 0 saturated carbocycles. The third kappa shape index (κ3) is 6.23. The number of nitrogens with zero attached hydrogens (tertiary/aromatic N) is 5. The van der Waals surface area contributed by atoms with E-state index in [4.69, 9.17) is 22.3 Å². The zero-order chi connectivity index (χ0) is 31.5. The van der Waals surface area contributed by atoms with E-state index in [1.54, 1.807) is 23.1 Å². The average molecular weight is 627 g/mol. The zero-order valence-corrected chi connectivity index (χ0v) is 26.1. The minimum atomic E-state index is -4.40. The van der Waals surface area contributed by atoms with Crippen molar-refractivity contribution in [3.63, 3.8) is 0 Å². The largest absolute Gasteiger partial charge is 0.398 e. The molecule has 43 heavy (non-hydrogen) atoms. The van der Waals surface area contributed by atoms with E-state index in [0.29, 0.717) is 37.3 Å². The molecule has 1 saturated heterocycles. The van der Waals surface area contributed by atoms with Crippen LogP contribution in [0.1, 0.15) is 50.4 Å². The van der Waals surface area contributed by atoms with Gasteiger partial charge in [0.05, 0.1) is 27.5 Å². The molecule has 1 aromatic carbocycles. The van der Waals surface area contributed by atoms with Crippen LogP contribution >= 0.6 is 11.6 Å². The molecule has 2 aliphatic rings. The van der Waals surface area contributed by atoms with Gasteiger partial charge in [0.15, 0.2) is 11.7 Å². The van der Waals surface area contributed by atoms with Crippen LogP contribution in [0.25, 0.3) is 5.57 Å². The zero-order valence-electron chi connectivity index (χ0n) is 24.6. The van der Waals surface area contributed by atoms with Crippen molar-refractivity contribution in [3.8, 4) is 0 Å². The van der Waals surface area contributed by atoms with Gasteiger partial charge in [-0.15, -0.1) is 4.40 Å². The monoisotopic (exact) mass is 626 g/mol. The first-order valence-electron chi connectivity index (χ1n) is 14.1. The smallest absolute Gasteiger partial charge is 0.352 e. The summed E-state index contributed by atoms with van der Waals surface area (Å²) in [6, 6.07) is 8.41. The van der Waals surface area contributed by atoms with Crippen molar-refractivity contribution in [3.05, 3.63) is 95.1 Å². The second kappa shape index (κ2) is 13.1. The number of hydrogen-bond acceptors (Lipinski definition) is 6. The molecule has 0 radical (unpaired) electrons. The van der Waals surface area contributed by atoms with Gasteiger partial charge in [0, 0.05) is 31.4 Å². The third-order valence-electron chi connectivity index (χ3n) is 7.46. The summed E-state index contributed by atoms with van der Waals surface area (Å²) in [6.45, 7) is 13.6. The normalized spacial score (nSPS) is 18.9. The Morgan fingerprint density at radius 1 is 1.23 bits per heavy atom. The second-order valence-electron chi connectivity index (χ2n) is 10.3. The maximum Gasteiger partial charge on any atom is 0.352 e. The number of nitrogens with two attached hydrogens (primary N) is 1. The highest BCUT2D eigenvalue weighted by Gasteiger charge is 2.40. The van der Waals surface area contributed by atoms with E-state index >= 15 is 4.39 Å². The van der Waals surface area contributed by atoms with Crippen LogP contribution in [0.4, 0.5) is 15.9 Å². The van der Waals surface area contributed by atoms with E-state index in [1.807, 2.05) is 24.0 Å². The first kappa shape index (κ1) is 32.0. The first-order valence-corrected chi connectivity index (χ1v) is 15.8. The number of piperazine rings is 1. The number of unbranched alkanes of at least 4 members (excludes halogenated alkanes) is 1. The van der Waals surface area contributed by atoms with Crippen molar-refractivity contribution in [2.45, 2.75) is 46.1 Å². The first-order chi connectivity index (χ1) is 20.5. The second-order valence-corrected chi connectivity index (χ2v) is 12.1. The highest BCUT2D eigenvalue weighted by atomic mass is 35.5. The summed E-state index contributed by atoms with van der Waals surface area (Å²) in [5.41, 5.74) is 7.53. The molecule has 3 heterocycles. The Bertz CT molecular complexity index is 1650. The van der Waals surface area contributed by atoms with Crippen molar-refractivity contribution in [1.29, 1.82) is 0 Å². The summed E-state index contributed by atoms with van der Waals surface area (Å²) in [5.74, 6) is -0.737. The topological polar surface area (TPSA) is 112 Å². The fourth-order valence-corrected chi connectivity index (χ4v) is 6.78. The fraction of sp³-hybridized carbons (Fsp3) is 0.323. The Morgan fingerprint density at radius 3 is 2.58 bits per heavy atom. The number of allylic oxidation sites excluding steroid dienone is 4. The number of amides is 1. The minimum Gasteiger partial charge on any atom is -0.398 e. The number of halogens is 2. The Morgan fingerprint density at radius 2 is 1.95 bits per heavy atom. The van der Waals surface area contributed by atoms with Crippen LogP contribution in [-0.4, -0.2) is 60.6 Å². The molecule has 0 aliphatic carbocycles. The number of anilines is 2. The molecule has 12 heteroatoms. The van der Waals surface area contributed by atoms with Gasteiger partial charge in [0.25, 0.3) is 0 Å². The van der Waals surface area contributed by atoms with Gasteiger partial charge in [-0.05, 0) is 56.5 Å². The number of rotatable bonds is 8. The summed E-state index contributed by atoms with van der Waals surface area (Å²) in [5, 5.41) is 0.0508. The molecule has 228 valence electrons. The van der Waals surface area contributed by atoms with Crippen LogP contribution in [0.2, 0.25) is 5.02 Å². The quantitative estimate of drug-likeness (QED) is 0.299. The predicted molar refractivity (Wildman–Crippen MR) is 171 cm³/mol. The van der Waals surface area contributed by atoms with Gasteiger partial charge in [-0.2, -0.15) is 8.42 Å². The van der Waals surface area contributed by atoms with Gasteiger partial charge < -0.3 is 15.5 Å². The molecule has 0 spiro atoms. The summed E-state index contributed by atoms with van der Waals surface area (Å²) in [7, 11) is -4.40. The Labute approximate surface area is 257 Å². The number of carbonyl (C=O) groups is 1. The number of para-hydroxylation sites is 1. The Balaban J connectivity index is 2.00. The van der Waals surface area contributed by atoms with E-state index in [9.17, 15) is 13.2 Å². The summed E-state index contributed by atoms with van der Waals surface area (Å²) >= 11 is 6.76. The molecule has 1 aromatic heterocycles. The minimum absolute atomic E-state index is 0.0102. The van der Waals surface area contributed by atoms with E-state index < -0.39 is 16.0 Å². The number of fused-ring (bicyclic) bond motifs is 1. The molecule has 1 atom stereocenters. The molecule has 1 fully saturated rings. The van der Waals surface area contributed by atoms with E-state index in [1.165, 1.54) is 25.2 Å². The SMILES string of the molecule is C=CC(=O)N1CCN(C2=NS(=O)(=O)N(c3ccccc3CCCC)c3nc(C(/C(F)=C\C)=C(\N)C=C)c(Cl)cc32)C(C)C1. The highest BCUT2D eigenvalue weighted by Crippen LogP contribution is 2.42. The van der Waals surface area contributed by atoms with Crippen molar-refractivity contribution in [2.24, 2.45) is 10.1 Å². The molecule has 1 amide bonds. The number of aromatic nitrogens is 1. The van der Waals surface area contributed by atoms with E-state index in [-0.39, 0.29) is 45.6 Å². The van der Waals surface area contributed by atoms with E-state index in [2.05, 4.69) is 24.5 Å². The lowest BCUT2D eigenvalue weighted by Gasteiger charge is -2.42. The lowest BCUT2D eigenvalue weighted by molar-refractivity contribution is -0.128. The predicted octanol–water partition coefficient (Wildman–Crippen LogP) is 5.67. The van der Waals surface area contributed by atoms with Crippen molar-refractivity contribution < 1.29 is 17.6 Å². The third-order valence-corrected chi connectivity index (χ3v) is 8.98. The molecule has 9 nitrogen and oxygen atoms in total. The fourth-order valence-electron chi connectivity index (χ4n) is 5.25. The average Bonchev–Trinajstić information content (AvgIpc) is 2.99. The molecule has 2 aromatic rings. The van der Waals surface area contributed by atoms with Gasteiger partial charge in [-0.25, -0.2) is 13.7 Å². The Hall–Kier alpha value is -3.96. The van der Waals surface area contributed by atoms with Gasteiger partial charge in [-0.1, -0.05) is 62.4 Å².